The first-order valence-electron chi connectivity index (χ1n) is 9.92. The average Bonchev–Trinajstić information content (AvgIpc) is 3.30. The normalized spacial score (nSPS) is 23.1. The van der Waals surface area contributed by atoms with Crippen LogP contribution in [0.25, 0.3) is 10.1 Å². The van der Waals surface area contributed by atoms with Crippen LogP contribution in [0.15, 0.2) is 48.0 Å². The minimum atomic E-state index is -0.167. The first kappa shape index (κ1) is 18.3. The van der Waals surface area contributed by atoms with Crippen molar-refractivity contribution < 1.29 is 9.59 Å². The van der Waals surface area contributed by atoms with Crippen molar-refractivity contribution in [2.75, 3.05) is 25.0 Å². The van der Waals surface area contributed by atoms with E-state index in [1.54, 1.807) is 24.4 Å². The second-order valence-electron chi connectivity index (χ2n) is 7.86. The Balaban J connectivity index is 1.33. The number of amides is 2. The highest BCUT2D eigenvalue weighted by Crippen LogP contribution is 2.31. The molecule has 2 aliphatic heterocycles. The quantitative estimate of drug-likeness (QED) is 0.697. The Morgan fingerprint density at radius 1 is 1.14 bits per heavy atom. The summed E-state index contributed by atoms with van der Waals surface area (Å²) in [5, 5.41) is 8.84. The summed E-state index contributed by atoms with van der Waals surface area (Å²) in [5.74, 6) is 0.381. The molecule has 3 unspecified atom stereocenters. The van der Waals surface area contributed by atoms with Crippen molar-refractivity contribution in [3.05, 3.63) is 59.2 Å². The van der Waals surface area contributed by atoms with E-state index in [1.807, 2.05) is 23.6 Å². The summed E-state index contributed by atoms with van der Waals surface area (Å²) >= 11 is 1.50. The van der Waals surface area contributed by atoms with Gasteiger partial charge in [-0.1, -0.05) is 18.2 Å². The van der Waals surface area contributed by atoms with Crippen LogP contribution in [0.5, 0.6) is 0 Å². The van der Waals surface area contributed by atoms with Gasteiger partial charge in [-0.15, -0.1) is 11.3 Å². The summed E-state index contributed by atoms with van der Waals surface area (Å²) in [6.45, 7) is 3.22. The molecule has 4 heterocycles. The van der Waals surface area contributed by atoms with E-state index in [0.29, 0.717) is 22.9 Å². The second-order valence-corrected chi connectivity index (χ2v) is 8.77. The van der Waals surface area contributed by atoms with E-state index in [4.69, 9.17) is 0 Å². The molecule has 0 aliphatic carbocycles. The van der Waals surface area contributed by atoms with Crippen molar-refractivity contribution >= 4 is 38.9 Å². The Bertz CT molecular complexity index is 1050. The number of hydrogen-bond acceptors (Lipinski definition) is 5. The predicted octanol–water partition coefficient (Wildman–Crippen LogP) is 3.37. The third kappa shape index (κ3) is 3.75. The van der Waals surface area contributed by atoms with E-state index in [9.17, 15) is 9.59 Å². The molecule has 2 aromatic heterocycles. The fourth-order valence-corrected chi connectivity index (χ4v) is 5.20. The topological polar surface area (TPSA) is 74.3 Å². The van der Waals surface area contributed by atoms with Crippen molar-refractivity contribution in [2.45, 2.75) is 18.9 Å². The largest absolute Gasteiger partial charge is 0.347 e. The summed E-state index contributed by atoms with van der Waals surface area (Å²) < 4.78 is 0.937. The van der Waals surface area contributed by atoms with Crippen molar-refractivity contribution in [3.8, 4) is 0 Å². The van der Waals surface area contributed by atoms with Gasteiger partial charge in [-0.05, 0) is 43.5 Å². The van der Waals surface area contributed by atoms with Crippen molar-refractivity contribution in [3.63, 3.8) is 0 Å². The maximum Gasteiger partial charge on any atom is 0.270 e. The lowest BCUT2D eigenvalue weighted by Crippen LogP contribution is -2.47. The summed E-state index contributed by atoms with van der Waals surface area (Å²) in [6, 6.07) is 11.1. The van der Waals surface area contributed by atoms with Gasteiger partial charge in [0.1, 0.15) is 5.69 Å². The van der Waals surface area contributed by atoms with Gasteiger partial charge in [-0.25, -0.2) is 4.98 Å². The fourth-order valence-electron chi connectivity index (χ4n) is 4.36. The first-order valence-corrected chi connectivity index (χ1v) is 10.8. The Morgan fingerprint density at radius 2 is 2.00 bits per heavy atom. The number of aromatic nitrogens is 1. The molecule has 7 heteroatoms. The lowest BCUT2D eigenvalue weighted by molar-refractivity contribution is 0.0904. The van der Waals surface area contributed by atoms with Gasteiger partial charge in [0, 0.05) is 41.7 Å². The lowest BCUT2D eigenvalue weighted by Gasteiger charge is -2.30. The zero-order valence-corrected chi connectivity index (χ0v) is 16.7. The van der Waals surface area contributed by atoms with Gasteiger partial charge in [0.25, 0.3) is 11.8 Å². The number of pyridine rings is 1. The van der Waals surface area contributed by atoms with Crippen LogP contribution < -0.4 is 10.6 Å². The molecule has 2 fully saturated rings. The summed E-state index contributed by atoms with van der Waals surface area (Å²) in [5.41, 5.74) is 1.69. The van der Waals surface area contributed by atoms with Gasteiger partial charge in [0.2, 0.25) is 0 Å². The van der Waals surface area contributed by atoms with Crippen molar-refractivity contribution in [1.29, 1.82) is 0 Å². The molecule has 2 N–H and O–H groups in total. The number of benzene rings is 1. The second kappa shape index (κ2) is 7.57. The first-order chi connectivity index (χ1) is 14.2. The number of fused-ring (bicyclic) bond motifs is 3. The molecule has 5 rings (SSSR count). The number of thiophene rings is 1. The molecule has 2 aliphatic rings. The van der Waals surface area contributed by atoms with Crippen LogP contribution in [0.2, 0.25) is 0 Å². The molecule has 2 amide bonds. The lowest BCUT2D eigenvalue weighted by atomic mass is 9.97. The van der Waals surface area contributed by atoms with E-state index in [-0.39, 0.29) is 17.9 Å². The average molecular weight is 407 g/mol. The molecular formula is C22H22N4O2S. The number of carbonyl (C=O) groups is 2. The highest BCUT2D eigenvalue weighted by Gasteiger charge is 2.33. The molecular weight excluding hydrogens is 384 g/mol. The van der Waals surface area contributed by atoms with Crippen LogP contribution in [0.3, 0.4) is 0 Å². The molecule has 1 aromatic carbocycles. The standard InChI is InChI=1S/C22H22N4O2S/c27-21(15-4-2-1-3-5-15)25-19-13-29-20-10-23-18(9-17(19)20)22(28)24-16-8-14-6-7-26(11-14)12-16/h1-5,9-10,13-14,16H,6-8,11-12H2,(H,24,28)(H,25,27). The van der Waals surface area contributed by atoms with E-state index < -0.39 is 0 Å². The molecule has 0 saturated carbocycles. The molecule has 29 heavy (non-hydrogen) atoms. The number of nitrogens with one attached hydrogen (secondary N) is 2. The van der Waals surface area contributed by atoms with E-state index in [2.05, 4.69) is 20.5 Å². The monoisotopic (exact) mass is 406 g/mol. The molecule has 0 radical (unpaired) electrons. The Morgan fingerprint density at radius 3 is 2.83 bits per heavy atom. The molecule has 2 bridgehead atoms. The molecule has 6 nitrogen and oxygen atoms in total. The highest BCUT2D eigenvalue weighted by atomic mass is 32.1. The smallest absolute Gasteiger partial charge is 0.270 e. The number of anilines is 1. The summed E-state index contributed by atoms with van der Waals surface area (Å²) in [7, 11) is 0. The maximum absolute atomic E-state index is 12.8. The van der Waals surface area contributed by atoms with Crippen LogP contribution in [0, 0.1) is 5.92 Å². The number of rotatable bonds is 4. The van der Waals surface area contributed by atoms with Crippen LogP contribution in [0.4, 0.5) is 5.69 Å². The maximum atomic E-state index is 12.8. The minimum Gasteiger partial charge on any atom is -0.347 e. The molecule has 2 saturated heterocycles. The Hall–Kier alpha value is -2.77. The van der Waals surface area contributed by atoms with Crippen LogP contribution in [0.1, 0.15) is 33.7 Å². The molecule has 0 spiro atoms. The van der Waals surface area contributed by atoms with Crippen molar-refractivity contribution in [1.82, 2.24) is 15.2 Å². The van der Waals surface area contributed by atoms with Crippen LogP contribution >= 0.6 is 11.3 Å². The number of hydrogen-bond donors (Lipinski definition) is 2. The third-order valence-corrected chi connectivity index (χ3v) is 6.71. The van der Waals surface area contributed by atoms with Gasteiger partial charge >= 0.3 is 0 Å². The highest BCUT2D eigenvalue weighted by molar-refractivity contribution is 7.17. The van der Waals surface area contributed by atoms with Gasteiger partial charge < -0.3 is 15.5 Å². The van der Waals surface area contributed by atoms with Gasteiger partial charge in [-0.2, -0.15) is 0 Å². The van der Waals surface area contributed by atoms with E-state index >= 15 is 0 Å². The molecule has 3 aromatic rings. The predicted molar refractivity (Wildman–Crippen MR) is 114 cm³/mol. The van der Waals surface area contributed by atoms with Gasteiger partial charge in [0.15, 0.2) is 0 Å². The zero-order chi connectivity index (χ0) is 19.8. The number of carbonyl (C=O) groups excluding carboxylic acids is 2. The van der Waals surface area contributed by atoms with Crippen LogP contribution in [-0.2, 0) is 0 Å². The Kier molecular flexibility index (Phi) is 4.77. The Labute approximate surface area is 172 Å². The molecule has 148 valence electrons. The third-order valence-electron chi connectivity index (χ3n) is 5.78. The molecule has 3 atom stereocenters. The fraction of sp³-hybridized carbons (Fsp3) is 0.318. The van der Waals surface area contributed by atoms with Gasteiger partial charge in [-0.3, -0.25) is 9.59 Å². The summed E-state index contributed by atoms with van der Waals surface area (Å²) in [4.78, 5) is 32.1. The number of nitrogens with zero attached hydrogens (tertiary/aromatic N) is 2. The van der Waals surface area contributed by atoms with Crippen molar-refractivity contribution in [2.24, 2.45) is 5.92 Å². The SMILES string of the molecule is O=C(Nc1csc2cnc(C(=O)NC3CC4CCN(C4)C3)cc12)c1ccccc1. The van der Waals surface area contributed by atoms with E-state index in [0.717, 1.165) is 36.1 Å². The zero-order valence-electron chi connectivity index (χ0n) is 15.9. The number of piperidine rings is 1. The minimum absolute atomic E-state index is 0.147. The van der Waals surface area contributed by atoms with Crippen LogP contribution in [-0.4, -0.2) is 47.4 Å². The van der Waals surface area contributed by atoms with Gasteiger partial charge in [0.05, 0.1) is 10.4 Å². The summed E-state index contributed by atoms with van der Waals surface area (Å²) in [6.07, 6.45) is 3.98. The van der Waals surface area contributed by atoms with E-state index in [1.165, 1.54) is 17.8 Å².